The minimum atomic E-state index is -0.0982. The maximum absolute atomic E-state index is 12.0. The zero-order chi connectivity index (χ0) is 15.2. The fourth-order valence-corrected chi connectivity index (χ4v) is 2.15. The summed E-state index contributed by atoms with van der Waals surface area (Å²) in [6.07, 6.45) is 6.08. The summed E-state index contributed by atoms with van der Waals surface area (Å²) < 4.78 is 1.78. The smallest absolute Gasteiger partial charge is 0.238 e. The van der Waals surface area contributed by atoms with Crippen LogP contribution in [0.4, 0.5) is 5.69 Å². The SMILES string of the molecule is CCC(C)NCC(=O)Nc1cccc(Cl)c1-n1ccnc1. The van der Waals surface area contributed by atoms with Gasteiger partial charge in [-0.15, -0.1) is 0 Å². The summed E-state index contributed by atoms with van der Waals surface area (Å²) in [5.74, 6) is -0.0982. The van der Waals surface area contributed by atoms with E-state index in [1.807, 2.05) is 13.0 Å². The number of aromatic nitrogens is 2. The van der Waals surface area contributed by atoms with E-state index in [4.69, 9.17) is 11.6 Å². The van der Waals surface area contributed by atoms with Crippen LogP contribution in [0.5, 0.6) is 0 Å². The zero-order valence-electron chi connectivity index (χ0n) is 12.1. The number of halogens is 1. The number of amides is 1. The Kier molecular flexibility index (Phi) is 5.36. The molecular weight excluding hydrogens is 288 g/mol. The Labute approximate surface area is 129 Å². The van der Waals surface area contributed by atoms with Crippen LogP contribution in [0.2, 0.25) is 5.02 Å². The first-order valence-corrected chi connectivity index (χ1v) is 7.29. The average Bonchev–Trinajstić information content (AvgIpc) is 2.98. The Balaban J connectivity index is 2.14. The standard InChI is InChI=1S/C15H19ClN4O/c1-3-11(2)18-9-14(21)19-13-6-4-5-12(16)15(13)20-8-7-17-10-20/h4-8,10-11,18H,3,9H2,1-2H3,(H,19,21). The highest BCUT2D eigenvalue weighted by Gasteiger charge is 2.12. The number of nitrogens with one attached hydrogen (secondary N) is 2. The van der Waals surface area contributed by atoms with E-state index >= 15 is 0 Å². The zero-order valence-corrected chi connectivity index (χ0v) is 12.9. The van der Waals surface area contributed by atoms with Crippen LogP contribution in [-0.2, 0) is 4.79 Å². The van der Waals surface area contributed by atoms with Crippen LogP contribution < -0.4 is 10.6 Å². The third-order valence-corrected chi connectivity index (χ3v) is 3.55. The van der Waals surface area contributed by atoms with Crippen molar-refractivity contribution in [3.05, 3.63) is 41.9 Å². The molecule has 0 saturated heterocycles. The number of imidazole rings is 1. The van der Waals surface area contributed by atoms with Crippen molar-refractivity contribution < 1.29 is 4.79 Å². The lowest BCUT2D eigenvalue weighted by Crippen LogP contribution is -2.34. The van der Waals surface area contributed by atoms with Crippen LogP contribution in [0, 0.1) is 0 Å². The molecule has 112 valence electrons. The number of para-hydroxylation sites is 1. The van der Waals surface area contributed by atoms with Crippen molar-refractivity contribution in [2.75, 3.05) is 11.9 Å². The molecule has 1 unspecified atom stereocenters. The fraction of sp³-hybridized carbons (Fsp3) is 0.333. The summed E-state index contributed by atoms with van der Waals surface area (Å²) in [5.41, 5.74) is 1.38. The fourth-order valence-electron chi connectivity index (χ4n) is 1.88. The van der Waals surface area contributed by atoms with Crippen LogP contribution in [0.1, 0.15) is 20.3 Å². The third kappa shape index (κ3) is 4.06. The second-order valence-corrected chi connectivity index (χ2v) is 5.25. The molecule has 5 nitrogen and oxygen atoms in total. The van der Waals surface area contributed by atoms with Gasteiger partial charge in [-0.1, -0.05) is 24.6 Å². The molecule has 0 aliphatic rings. The topological polar surface area (TPSA) is 59.0 Å². The number of benzene rings is 1. The summed E-state index contributed by atoms with van der Waals surface area (Å²) in [6, 6.07) is 5.72. The van der Waals surface area contributed by atoms with Crippen LogP contribution in [-0.4, -0.2) is 28.0 Å². The maximum atomic E-state index is 12.0. The quantitative estimate of drug-likeness (QED) is 0.863. The van der Waals surface area contributed by atoms with E-state index in [1.165, 1.54) is 0 Å². The van der Waals surface area contributed by atoms with Gasteiger partial charge in [-0.3, -0.25) is 4.79 Å². The molecule has 1 aromatic heterocycles. The lowest BCUT2D eigenvalue weighted by atomic mass is 10.2. The summed E-state index contributed by atoms with van der Waals surface area (Å²) in [5, 5.41) is 6.60. The van der Waals surface area contributed by atoms with Gasteiger partial charge in [-0.2, -0.15) is 0 Å². The molecule has 21 heavy (non-hydrogen) atoms. The molecule has 6 heteroatoms. The number of carbonyl (C=O) groups is 1. The minimum Gasteiger partial charge on any atom is -0.323 e. The van der Waals surface area contributed by atoms with Crippen molar-refractivity contribution in [2.24, 2.45) is 0 Å². The molecule has 0 fully saturated rings. The number of anilines is 1. The number of rotatable bonds is 6. The summed E-state index contributed by atoms with van der Waals surface area (Å²) in [4.78, 5) is 16.0. The summed E-state index contributed by atoms with van der Waals surface area (Å²) >= 11 is 6.24. The molecule has 2 aromatic rings. The Bertz CT molecular complexity index is 598. The van der Waals surface area contributed by atoms with E-state index in [0.717, 1.165) is 6.42 Å². The van der Waals surface area contributed by atoms with Gasteiger partial charge in [0, 0.05) is 18.4 Å². The monoisotopic (exact) mass is 306 g/mol. The van der Waals surface area contributed by atoms with Gasteiger partial charge in [0.25, 0.3) is 0 Å². The molecule has 1 atom stereocenters. The van der Waals surface area contributed by atoms with Crippen molar-refractivity contribution in [3.63, 3.8) is 0 Å². The molecule has 2 N–H and O–H groups in total. The van der Waals surface area contributed by atoms with Gasteiger partial charge in [-0.05, 0) is 25.5 Å². The highest BCUT2D eigenvalue weighted by Crippen LogP contribution is 2.28. The predicted octanol–water partition coefficient (Wildman–Crippen LogP) is 2.85. The normalized spacial score (nSPS) is 12.1. The summed E-state index contributed by atoms with van der Waals surface area (Å²) in [6.45, 7) is 4.39. The van der Waals surface area contributed by atoms with E-state index in [-0.39, 0.29) is 12.5 Å². The van der Waals surface area contributed by atoms with Crippen molar-refractivity contribution in [3.8, 4) is 5.69 Å². The van der Waals surface area contributed by atoms with Crippen molar-refractivity contribution in [1.82, 2.24) is 14.9 Å². The number of hydrogen-bond acceptors (Lipinski definition) is 3. The average molecular weight is 307 g/mol. The van der Waals surface area contributed by atoms with Gasteiger partial charge in [0.15, 0.2) is 0 Å². The van der Waals surface area contributed by atoms with Crippen LogP contribution in [0.25, 0.3) is 5.69 Å². The first-order chi connectivity index (χ1) is 10.1. The second kappa shape index (κ2) is 7.24. The van der Waals surface area contributed by atoms with Crippen molar-refractivity contribution in [1.29, 1.82) is 0 Å². The molecule has 0 aliphatic carbocycles. The van der Waals surface area contributed by atoms with Crippen LogP contribution in [0.15, 0.2) is 36.9 Å². The van der Waals surface area contributed by atoms with E-state index in [0.29, 0.717) is 22.4 Å². The van der Waals surface area contributed by atoms with Gasteiger partial charge in [0.2, 0.25) is 5.91 Å². The van der Waals surface area contributed by atoms with E-state index in [9.17, 15) is 4.79 Å². The number of hydrogen-bond donors (Lipinski definition) is 2. The largest absolute Gasteiger partial charge is 0.323 e. The Morgan fingerprint density at radius 2 is 2.29 bits per heavy atom. The number of carbonyl (C=O) groups excluding carboxylic acids is 1. The van der Waals surface area contributed by atoms with E-state index < -0.39 is 0 Å². The molecule has 0 radical (unpaired) electrons. The highest BCUT2D eigenvalue weighted by atomic mass is 35.5. The minimum absolute atomic E-state index is 0.0982. The van der Waals surface area contributed by atoms with Crippen molar-refractivity contribution in [2.45, 2.75) is 26.3 Å². The van der Waals surface area contributed by atoms with Crippen molar-refractivity contribution >= 4 is 23.2 Å². The molecule has 0 aliphatic heterocycles. The van der Waals surface area contributed by atoms with Gasteiger partial charge < -0.3 is 15.2 Å². The molecule has 0 spiro atoms. The molecule has 1 heterocycles. The molecule has 1 aromatic carbocycles. The predicted molar refractivity (Wildman–Crippen MR) is 85.0 cm³/mol. The third-order valence-electron chi connectivity index (χ3n) is 3.25. The lowest BCUT2D eigenvalue weighted by Gasteiger charge is -2.15. The van der Waals surface area contributed by atoms with Gasteiger partial charge >= 0.3 is 0 Å². The van der Waals surface area contributed by atoms with Crippen LogP contribution >= 0.6 is 11.6 Å². The second-order valence-electron chi connectivity index (χ2n) is 4.84. The van der Waals surface area contributed by atoms with Gasteiger partial charge in [-0.25, -0.2) is 4.98 Å². The summed E-state index contributed by atoms with van der Waals surface area (Å²) in [7, 11) is 0. The molecule has 1 amide bonds. The molecule has 2 rings (SSSR count). The highest BCUT2D eigenvalue weighted by molar-refractivity contribution is 6.33. The molecule has 0 bridgehead atoms. The van der Waals surface area contributed by atoms with Gasteiger partial charge in [0.1, 0.15) is 0 Å². The first kappa shape index (κ1) is 15.5. The lowest BCUT2D eigenvalue weighted by molar-refractivity contribution is -0.115. The van der Waals surface area contributed by atoms with E-state index in [2.05, 4.69) is 22.5 Å². The first-order valence-electron chi connectivity index (χ1n) is 6.92. The number of nitrogens with zero attached hydrogens (tertiary/aromatic N) is 2. The molecular formula is C15H19ClN4O. The Hall–Kier alpha value is -1.85. The Morgan fingerprint density at radius 1 is 1.48 bits per heavy atom. The van der Waals surface area contributed by atoms with E-state index in [1.54, 1.807) is 35.4 Å². The van der Waals surface area contributed by atoms with Gasteiger partial charge in [0.05, 0.1) is 29.3 Å². The Morgan fingerprint density at radius 3 is 2.95 bits per heavy atom. The van der Waals surface area contributed by atoms with Crippen LogP contribution in [0.3, 0.4) is 0 Å². The maximum Gasteiger partial charge on any atom is 0.238 e. The molecule has 0 saturated carbocycles.